The monoisotopic (exact) mass is 336 g/mol. The Hall–Kier alpha value is -1.80. The second kappa shape index (κ2) is 5.77. The molecule has 1 heterocycles. The number of benzene rings is 1. The van der Waals surface area contributed by atoms with Crippen LogP contribution in [0.25, 0.3) is 0 Å². The highest BCUT2D eigenvalue weighted by Crippen LogP contribution is 2.37. The molecular formula is C13H12ClF3N2O3. The topological polar surface area (TPSA) is 58.6 Å². The molecule has 0 bridgehead atoms. The SMILES string of the molecule is CCO[C@]1(C(F)(F)F)NC(=O)N(Cc2ccccc2Cl)C1=O. The summed E-state index contributed by atoms with van der Waals surface area (Å²) in [7, 11) is 0. The number of nitrogens with zero attached hydrogens (tertiary/aromatic N) is 1. The highest BCUT2D eigenvalue weighted by atomic mass is 35.5. The lowest BCUT2D eigenvalue weighted by Crippen LogP contribution is -2.60. The van der Waals surface area contributed by atoms with Crippen molar-refractivity contribution in [3.8, 4) is 0 Å². The van der Waals surface area contributed by atoms with Gasteiger partial charge in [0.05, 0.1) is 6.54 Å². The molecule has 0 radical (unpaired) electrons. The highest BCUT2D eigenvalue weighted by molar-refractivity contribution is 6.31. The van der Waals surface area contributed by atoms with Crippen molar-refractivity contribution in [2.24, 2.45) is 0 Å². The average molecular weight is 337 g/mol. The number of rotatable bonds is 4. The fourth-order valence-corrected chi connectivity index (χ4v) is 2.28. The van der Waals surface area contributed by atoms with E-state index in [0.29, 0.717) is 10.5 Å². The number of hydrogen-bond acceptors (Lipinski definition) is 3. The van der Waals surface area contributed by atoms with Crippen molar-refractivity contribution in [3.05, 3.63) is 34.9 Å². The number of carbonyl (C=O) groups is 2. The Morgan fingerprint density at radius 1 is 1.32 bits per heavy atom. The molecule has 1 aromatic rings. The normalized spacial score (nSPS) is 22.1. The van der Waals surface area contributed by atoms with Gasteiger partial charge >= 0.3 is 17.9 Å². The Kier molecular flexibility index (Phi) is 4.35. The lowest BCUT2D eigenvalue weighted by atomic mass is 10.1. The number of imide groups is 1. The molecule has 3 amide bonds. The van der Waals surface area contributed by atoms with Gasteiger partial charge in [-0.2, -0.15) is 13.2 Å². The maximum atomic E-state index is 13.2. The molecule has 1 aliphatic rings. The zero-order valence-corrected chi connectivity index (χ0v) is 12.2. The van der Waals surface area contributed by atoms with Crippen LogP contribution in [-0.4, -0.2) is 35.3 Å². The third-order valence-corrected chi connectivity index (χ3v) is 3.49. The average Bonchev–Trinajstić information content (AvgIpc) is 2.66. The number of halogens is 4. The van der Waals surface area contributed by atoms with Crippen molar-refractivity contribution in [2.45, 2.75) is 25.4 Å². The Balaban J connectivity index is 2.34. The van der Waals surface area contributed by atoms with E-state index in [1.165, 1.54) is 19.1 Å². The molecule has 0 unspecified atom stereocenters. The van der Waals surface area contributed by atoms with Gasteiger partial charge in [-0.15, -0.1) is 0 Å². The van der Waals surface area contributed by atoms with Crippen LogP contribution in [-0.2, 0) is 16.1 Å². The Morgan fingerprint density at radius 3 is 2.50 bits per heavy atom. The summed E-state index contributed by atoms with van der Waals surface area (Å²) in [6.07, 6.45) is -5.08. The van der Waals surface area contributed by atoms with E-state index >= 15 is 0 Å². The van der Waals surface area contributed by atoms with Gasteiger partial charge in [0.2, 0.25) is 0 Å². The Labute approximate surface area is 129 Å². The number of ether oxygens (including phenoxy) is 1. The molecule has 120 valence electrons. The van der Waals surface area contributed by atoms with Gasteiger partial charge in [0.15, 0.2) is 0 Å². The summed E-state index contributed by atoms with van der Waals surface area (Å²) in [5.74, 6) is -1.51. The summed E-state index contributed by atoms with van der Waals surface area (Å²) < 4.78 is 44.2. The number of amides is 3. The summed E-state index contributed by atoms with van der Waals surface area (Å²) in [6, 6.07) is 5.05. The largest absolute Gasteiger partial charge is 0.446 e. The molecular weight excluding hydrogens is 325 g/mol. The molecule has 0 spiro atoms. The van der Waals surface area contributed by atoms with Crippen LogP contribution in [0, 0.1) is 0 Å². The number of urea groups is 1. The van der Waals surface area contributed by atoms with Crippen LogP contribution in [0.4, 0.5) is 18.0 Å². The van der Waals surface area contributed by atoms with Gasteiger partial charge in [0.1, 0.15) is 0 Å². The van der Waals surface area contributed by atoms with Crippen LogP contribution in [0.15, 0.2) is 24.3 Å². The Bertz CT molecular complexity index is 608. The molecule has 1 aromatic carbocycles. The predicted molar refractivity (Wildman–Crippen MR) is 70.9 cm³/mol. The lowest BCUT2D eigenvalue weighted by Gasteiger charge is -2.28. The van der Waals surface area contributed by atoms with Crippen LogP contribution in [0.5, 0.6) is 0 Å². The second-order valence-electron chi connectivity index (χ2n) is 4.52. The fourth-order valence-electron chi connectivity index (χ4n) is 2.08. The van der Waals surface area contributed by atoms with E-state index in [1.54, 1.807) is 17.4 Å². The highest BCUT2D eigenvalue weighted by Gasteiger charge is 2.69. The summed E-state index contributed by atoms with van der Waals surface area (Å²) >= 11 is 5.90. The van der Waals surface area contributed by atoms with Crippen LogP contribution < -0.4 is 5.32 Å². The molecule has 2 rings (SSSR count). The number of alkyl halides is 3. The first-order valence-corrected chi connectivity index (χ1v) is 6.69. The number of nitrogens with one attached hydrogen (secondary N) is 1. The van der Waals surface area contributed by atoms with Gasteiger partial charge in [0, 0.05) is 11.6 Å². The van der Waals surface area contributed by atoms with E-state index in [2.05, 4.69) is 4.74 Å². The zero-order chi connectivity index (χ0) is 16.5. The van der Waals surface area contributed by atoms with Crippen molar-refractivity contribution >= 4 is 23.5 Å². The molecule has 5 nitrogen and oxygen atoms in total. The fraction of sp³-hybridized carbons (Fsp3) is 0.385. The van der Waals surface area contributed by atoms with Gasteiger partial charge in [0.25, 0.3) is 5.91 Å². The minimum atomic E-state index is -5.08. The molecule has 1 atom stereocenters. The molecule has 0 aliphatic carbocycles. The number of carbonyl (C=O) groups excluding carboxylic acids is 2. The molecule has 1 saturated heterocycles. The van der Waals surface area contributed by atoms with Crippen molar-refractivity contribution in [3.63, 3.8) is 0 Å². The third-order valence-electron chi connectivity index (χ3n) is 3.12. The van der Waals surface area contributed by atoms with Crippen LogP contribution in [0.2, 0.25) is 5.02 Å². The zero-order valence-electron chi connectivity index (χ0n) is 11.4. The van der Waals surface area contributed by atoms with Crippen molar-refractivity contribution < 1.29 is 27.5 Å². The third kappa shape index (κ3) is 2.64. The summed E-state index contributed by atoms with van der Waals surface area (Å²) in [4.78, 5) is 24.4. The molecule has 1 aliphatic heterocycles. The van der Waals surface area contributed by atoms with E-state index in [-0.39, 0.29) is 11.6 Å². The van der Waals surface area contributed by atoms with E-state index in [1.807, 2.05) is 0 Å². The van der Waals surface area contributed by atoms with Crippen LogP contribution in [0.1, 0.15) is 12.5 Å². The van der Waals surface area contributed by atoms with Gasteiger partial charge in [-0.05, 0) is 18.6 Å². The molecule has 0 aromatic heterocycles. The van der Waals surface area contributed by atoms with Gasteiger partial charge in [-0.1, -0.05) is 29.8 Å². The summed E-state index contributed by atoms with van der Waals surface area (Å²) in [6.45, 7) is 0.518. The first-order chi connectivity index (χ1) is 10.2. The number of hydrogen-bond donors (Lipinski definition) is 1. The molecule has 1 fully saturated rings. The molecule has 0 saturated carbocycles. The predicted octanol–water partition coefficient (Wildman–Crippen LogP) is 2.69. The van der Waals surface area contributed by atoms with Crippen molar-refractivity contribution in [1.82, 2.24) is 10.2 Å². The first kappa shape index (κ1) is 16.6. The maximum absolute atomic E-state index is 13.2. The van der Waals surface area contributed by atoms with Gasteiger partial charge in [-0.3, -0.25) is 15.0 Å². The van der Waals surface area contributed by atoms with Crippen LogP contribution >= 0.6 is 11.6 Å². The van der Waals surface area contributed by atoms with E-state index in [4.69, 9.17) is 11.6 Å². The second-order valence-corrected chi connectivity index (χ2v) is 4.93. The van der Waals surface area contributed by atoms with E-state index in [9.17, 15) is 22.8 Å². The van der Waals surface area contributed by atoms with Gasteiger partial charge in [-0.25, -0.2) is 4.79 Å². The maximum Gasteiger partial charge on any atom is 0.446 e. The molecule has 1 N–H and O–H groups in total. The minimum Gasteiger partial charge on any atom is -0.340 e. The van der Waals surface area contributed by atoms with Crippen molar-refractivity contribution in [2.75, 3.05) is 6.61 Å². The molecule has 22 heavy (non-hydrogen) atoms. The lowest BCUT2D eigenvalue weighted by molar-refractivity contribution is -0.270. The standard InChI is InChI=1S/C13H12ClF3N2O3/c1-2-22-12(13(15,16)17)10(20)19(11(21)18-12)7-8-5-3-4-6-9(8)14/h3-6H,2,7H2,1H3,(H,18,21)/t12-/m1/s1. The summed E-state index contributed by atoms with van der Waals surface area (Å²) in [5, 5.41) is 1.83. The molecule has 9 heteroatoms. The van der Waals surface area contributed by atoms with Crippen LogP contribution in [0.3, 0.4) is 0 Å². The van der Waals surface area contributed by atoms with Gasteiger partial charge < -0.3 is 4.74 Å². The smallest absolute Gasteiger partial charge is 0.340 e. The minimum absolute atomic E-state index is 0.240. The quantitative estimate of drug-likeness (QED) is 0.860. The van der Waals surface area contributed by atoms with Crippen molar-refractivity contribution in [1.29, 1.82) is 0 Å². The van der Waals surface area contributed by atoms with E-state index in [0.717, 1.165) is 0 Å². The summed E-state index contributed by atoms with van der Waals surface area (Å²) in [5.41, 5.74) is -3.00. The van der Waals surface area contributed by atoms with E-state index < -0.39 is 30.4 Å². The Morgan fingerprint density at radius 2 is 1.95 bits per heavy atom. The first-order valence-electron chi connectivity index (χ1n) is 6.31.